The van der Waals surface area contributed by atoms with Gasteiger partial charge in [-0.1, -0.05) is 188 Å². The fourth-order valence-corrected chi connectivity index (χ4v) is 10.2. The molecule has 0 amide bonds. The Kier molecular flexibility index (Phi) is 8.53. The minimum atomic E-state index is -0.398. The van der Waals surface area contributed by atoms with Crippen molar-refractivity contribution < 1.29 is 4.74 Å². The normalized spacial score (nSPS) is 17.7. The molecule has 8 aromatic carbocycles. The summed E-state index contributed by atoms with van der Waals surface area (Å²) in [6.45, 7) is 0. The van der Waals surface area contributed by atoms with E-state index in [4.69, 9.17) is 14.7 Å². The van der Waals surface area contributed by atoms with Gasteiger partial charge in [0, 0.05) is 39.7 Å². The first kappa shape index (κ1) is 36.0. The Morgan fingerprint density at radius 1 is 0.355 bits per heavy atom. The molecule has 1 aromatic heterocycles. The lowest BCUT2D eigenvalue weighted by atomic mass is 9.61. The maximum Gasteiger partial charge on any atom is 0.160 e. The molecule has 3 aliphatic rings. The monoisotopic (exact) mass is 792 g/mol. The van der Waals surface area contributed by atoms with Crippen molar-refractivity contribution in [2.75, 3.05) is 0 Å². The first-order valence-electron chi connectivity index (χ1n) is 21.4. The zero-order valence-electron chi connectivity index (χ0n) is 33.9. The summed E-state index contributed by atoms with van der Waals surface area (Å²) in [5.41, 5.74) is 16.5. The Hall–Kier alpha value is -7.88. The molecule has 1 aliphatic heterocycles. The van der Waals surface area contributed by atoms with Crippen LogP contribution in [0.25, 0.3) is 67.3 Å². The molecular weight excluding hydrogens is 753 g/mol. The second kappa shape index (κ2) is 14.7. The predicted octanol–water partition coefficient (Wildman–Crippen LogP) is 14.8. The van der Waals surface area contributed by atoms with Crippen molar-refractivity contribution in [2.45, 2.75) is 11.3 Å². The van der Waals surface area contributed by atoms with Crippen LogP contribution in [0.15, 0.2) is 231 Å². The van der Waals surface area contributed by atoms with Crippen LogP contribution in [-0.2, 0) is 5.41 Å². The number of ether oxygens (including phenoxy) is 1. The van der Waals surface area contributed by atoms with Crippen LogP contribution >= 0.6 is 0 Å². The van der Waals surface area contributed by atoms with E-state index in [9.17, 15) is 0 Å². The molecule has 3 heteroatoms. The number of aromatic nitrogens is 2. The van der Waals surface area contributed by atoms with Crippen molar-refractivity contribution in [3.05, 3.63) is 253 Å². The van der Waals surface area contributed by atoms with Crippen LogP contribution in [0, 0.1) is 5.92 Å². The molecular formula is C59H40N2O. The highest BCUT2D eigenvalue weighted by atomic mass is 16.5. The fourth-order valence-electron chi connectivity index (χ4n) is 10.2. The molecule has 292 valence electrons. The second-order valence-electron chi connectivity index (χ2n) is 16.5. The van der Waals surface area contributed by atoms with Crippen molar-refractivity contribution >= 4 is 0 Å². The average Bonchev–Trinajstić information content (AvgIpc) is 3.65. The van der Waals surface area contributed by atoms with Crippen molar-refractivity contribution in [1.82, 2.24) is 9.97 Å². The van der Waals surface area contributed by atoms with Gasteiger partial charge in [-0.3, -0.25) is 0 Å². The highest BCUT2D eigenvalue weighted by molar-refractivity contribution is 5.80. The van der Waals surface area contributed by atoms with Gasteiger partial charge < -0.3 is 4.74 Å². The smallest absolute Gasteiger partial charge is 0.160 e. The third-order valence-corrected chi connectivity index (χ3v) is 13.0. The number of para-hydroxylation sites is 1. The number of allylic oxidation sites excluding steroid dienone is 4. The quantitative estimate of drug-likeness (QED) is 0.168. The van der Waals surface area contributed by atoms with Crippen molar-refractivity contribution in [1.29, 1.82) is 0 Å². The Morgan fingerprint density at radius 2 is 0.871 bits per heavy atom. The molecule has 2 heterocycles. The van der Waals surface area contributed by atoms with Gasteiger partial charge in [-0.05, 0) is 87.0 Å². The minimum absolute atomic E-state index is 0.217. The molecule has 3 unspecified atom stereocenters. The number of fused-ring (bicyclic) bond motifs is 9. The predicted molar refractivity (Wildman–Crippen MR) is 252 cm³/mol. The van der Waals surface area contributed by atoms with Crippen LogP contribution < -0.4 is 4.74 Å². The van der Waals surface area contributed by atoms with Gasteiger partial charge in [0.1, 0.15) is 11.5 Å². The number of hydrogen-bond acceptors (Lipinski definition) is 3. The number of rotatable bonds is 6. The van der Waals surface area contributed by atoms with Crippen LogP contribution in [0.3, 0.4) is 0 Å². The van der Waals surface area contributed by atoms with Crippen LogP contribution in [0.1, 0.15) is 28.2 Å². The Labute approximate surface area is 362 Å². The molecule has 0 saturated heterocycles. The molecule has 0 saturated carbocycles. The summed E-state index contributed by atoms with van der Waals surface area (Å²) in [6, 6.07) is 73.5. The first-order valence-corrected chi connectivity index (χ1v) is 21.4. The van der Waals surface area contributed by atoms with E-state index in [1.165, 1.54) is 27.8 Å². The van der Waals surface area contributed by atoms with Crippen molar-refractivity contribution in [3.63, 3.8) is 0 Å². The largest absolute Gasteiger partial charge is 0.457 e. The summed E-state index contributed by atoms with van der Waals surface area (Å²) in [4.78, 5) is 10.4. The van der Waals surface area contributed by atoms with Crippen molar-refractivity contribution in [3.8, 4) is 78.8 Å². The van der Waals surface area contributed by atoms with Crippen molar-refractivity contribution in [2.24, 2.45) is 5.92 Å². The van der Waals surface area contributed by atoms with E-state index in [1.807, 2.05) is 12.1 Å². The second-order valence-corrected chi connectivity index (χ2v) is 16.5. The van der Waals surface area contributed by atoms with Gasteiger partial charge in [-0.2, -0.15) is 0 Å². The van der Waals surface area contributed by atoms with Gasteiger partial charge >= 0.3 is 0 Å². The number of hydrogen-bond donors (Lipinski definition) is 0. The Bertz CT molecular complexity index is 3240. The SMILES string of the molecule is C1=CC2c3ccccc3C3(c4ccccc4Oc4ccc(-c5cccc(-c6cccc(-c7nc(-c8ccccc8)cc(-c8cccc(-c9ccccc9)c8)n7)c6)c5)cc43)C2C=C1. The van der Waals surface area contributed by atoms with Gasteiger partial charge in [-0.15, -0.1) is 0 Å². The van der Waals surface area contributed by atoms with E-state index in [1.54, 1.807) is 0 Å². The summed E-state index contributed by atoms with van der Waals surface area (Å²) >= 11 is 0. The van der Waals surface area contributed by atoms with Crippen LogP contribution in [0.2, 0.25) is 0 Å². The van der Waals surface area contributed by atoms with E-state index in [2.05, 4.69) is 218 Å². The van der Waals surface area contributed by atoms with Gasteiger partial charge in [0.15, 0.2) is 5.82 Å². The third-order valence-electron chi connectivity index (χ3n) is 13.0. The lowest BCUT2D eigenvalue weighted by Crippen LogP contribution is -2.37. The molecule has 12 rings (SSSR count). The maximum atomic E-state index is 6.74. The Balaban J connectivity index is 0.948. The lowest BCUT2D eigenvalue weighted by molar-refractivity contribution is 0.374. The molecule has 1 spiro atoms. The van der Waals surface area contributed by atoms with Crippen LogP contribution in [-0.4, -0.2) is 9.97 Å². The summed E-state index contributed by atoms with van der Waals surface area (Å²) in [7, 11) is 0. The van der Waals surface area contributed by atoms with Crippen LogP contribution in [0.5, 0.6) is 11.5 Å². The minimum Gasteiger partial charge on any atom is -0.457 e. The lowest BCUT2D eigenvalue weighted by Gasteiger charge is -2.43. The summed E-state index contributed by atoms with van der Waals surface area (Å²) < 4.78 is 6.74. The van der Waals surface area contributed by atoms with Crippen LogP contribution in [0.4, 0.5) is 0 Å². The molecule has 3 nitrogen and oxygen atoms in total. The van der Waals surface area contributed by atoms with E-state index in [0.717, 1.165) is 67.4 Å². The summed E-state index contributed by atoms with van der Waals surface area (Å²) in [6.07, 6.45) is 9.22. The summed E-state index contributed by atoms with van der Waals surface area (Å²) in [5, 5.41) is 0. The van der Waals surface area contributed by atoms with Gasteiger partial charge in [0.25, 0.3) is 0 Å². The molecule has 3 atom stereocenters. The van der Waals surface area contributed by atoms with Gasteiger partial charge in [0.2, 0.25) is 0 Å². The van der Waals surface area contributed by atoms with E-state index in [0.29, 0.717) is 5.82 Å². The van der Waals surface area contributed by atoms with E-state index >= 15 is 0 Å². The fraction of sp³-hybridized carbons (Fsp3) is 0.0508. The van der Waals surface area contributed by atoms with Gasteiger partial charge in [-0.25, -0.2) is 9.97 Å². The number of nitrogens with zero attached hydrogens (tertiary/aromatic N) is 2. The Morgan fingerprint density at radius 3 is 1.63 bits per heavy atom. The highest BCUT2D eigenvalue weighted by Gasteiger charge is 2.56. The molecule has 0 radical (unpaired) electrons. The molecule has 2 aliphatic carbocycles. The topological polar surface area (TPSA) is 35.0 Å². The standard InChI is InChI=1S/C59H40N2O/c1-3-16-39(17-4-1)41-20-14-24-46(35-41)55-38-54(40-18-5-2-6-19-40)60-58(61-55)47-25-15-23-44(36-47)42-21-13-22-43(34-42)45-32-33-57-53(37-45)59(52-30-11-12-31-56(52)62-57)50-28-9-7-26-48(50)49-27-8-10-29-51(49)59/h1-38,48,50H. The average molecular weight is 793 g/mol. The maximum absolute atomic E-state index is 6.74. The van der Waals surface area contributed by atoms with E-state index < -0.39 is 5.41 Å². The third kappa shape index (κ3) is 5.89. The summed E-state index contributed by atoms with van der Waals surface area (Å²) in [5.74, 6) is 3.03. The molecule has 62 heavy (non-hydrogen) atoms. The highest BCUT2D eigenvalue weighted by Crippen LogP contribution is 2.64. The zero-order chi connectivity index (χ0) is 41.0. The molecule has 0 bridgehead atoms. The molecule has 9 aromatic rings. The first-order chi connectivity index (χ1) is 30.7. The number of benzene rings is 8. The molecule has 0 fully saturated rings. The van der Waals surface area contributed by atoms with E-state index in [-0.39, 0.29) is 11.8 Å². The zero-order valence-corrected chi connectivity index (χ0v) is 33.9. The molecule has 0 N–H and O–H groups in total. The van der Waals surface area contributed by atoms with Gasteiger partial charge in [0.05, 0.1) is 16.8 Å².